The molecule has 1 aliphatic heterocycles. The number of carbonyl (C=O) groups is 1. The second-order valence-electron chi connectivity index (χ2n) is 6.72. The highest BCUT2D eigenvalue weighted by atomic mass is 16.5. The molecule has 0 radical (unpaired) electrons. The molecule has 5 heteroatoms. The van der Waals surface area contributed by atoms with Gasteiger partial charge >= 0.3 is 0 Å². The molecule has 3 rings (SSSR count). The zero-order valence-electron chi connectivity index (χ0n) is 15.6. The molecule has 0 aliphatic carbocycles. The molecule has 26 heavy (non-hydrogen) atoms. The minimum absolute atomic E-state index is 0.0226. The molecule has 2 aromatic carbocycles. The maximum absolute atomic E-state index is 12.6. The summed E-state index contributed by atoms with van der Waals surface area (Å²) in [6.07, 6.45) is 0.911. The number of methoxy groups -OCH3 is 2. The van der Waals surface area contributed by atoms with Crippen molar-refractivity contribution in [1.29, 1.82) is 0 Å². The van der Waals surface area contributed by atoms with Gasteiger partial charge in [-0.3, -0.25) is 4.79 Å². The molecular formula is C21H26N2O3. The van der Waals surface area contributed by atoms with Crippen LogP contribution in [0.5, 0.6) is 11.5 Å². The molecule has 0 bridgehead atoms. The SMILES string of the molecule is COc1ccc([C@@H]2CN(C)CC[C@@H]2NC(=O)c2ccccc2)cc1OC. The van der Waals surface area contributed by atoms with Crippen LogP contribution < -0.4 is 14.8 Å². The van der Waals surface area contributed by atoms with Crippen LogP contribution in [0.2, 0.25) is 0 Å². The Labute approximate surface area is 154 Å². The van der Waals surface area contributed by atoms with Crippen molar-refractivity contribution in [2.24, 2.45) is 0 Å². The van der Waals surface area contributed by atoms with Crippen molar-refractivity contribution in [3.63, 3.8) is 0 Å². The molecule has 0 spiro atoms. The van der Waals surface area contributed by atoms with Crippen LogP contribution in [0.3, 0.4) is 0 Å². The van der Waals surface area contributed by atoms with Crippen LogP contribution in [0.25, 0.3) is 0 Å². The lowest BCUT2D eigenvalue weighted by atomic mass is 9.85. The molecule has 0 saturated carbocycles. The second kappa shape index (κ2) is 8.23. The molecule has 1 aliphatic rings. The van der Waals surface area contributed by atoms with Gasteiger partial charge in [-0.25, -0.2) is 0 Å². The molecule has 1 N–H and O–H groups in total. The van der Waals surface area contributed by atoms with Gasteiger partial charge in [-0.15, -0.1) is 0 Å². The zero-order chi connectivity index (χ0) is 18.5. The minimum atomic E-state index is -0.0226. The fourth-order valence-corrected chi connectivity index (χ4v) is 3.55. The Balaban J connectivity index is 1.83. The maximum Gasteiger partial charge on any atom is 0.251 e. The van der Waals surface area contributed by atoms with Crippen LogP contribution in [0.4, 0.5) is 0 Å². The van der Waals surface area contributed by atoms with E-state index in [0.717, 1.165) is 25.1 Å². The van der Waals surface area contributed by atoms with E-state index >= 15 is 0 Å². The summed E-state index contributed by atoms with van der Waals surface area (Å²) >= 11 is 0. The molecule has 1 heterocycles. The topological polar surface area (TPSA) is 50.8 Å². The molecule has 5 nitrogen and oxygen atoms in total. The molecule has 1 fully saturated rings. The van der Waals surface area contributed by atoms with Crippen LogP contribution in [-0.4, -0.2) is 51.2 Å². The third-order valence-corrected chi connectivity index (χ3v) is 5.00. The number of hydrogen-bond acceptors (Lipinski definition) is 4. The first kappa shape index (κ1) is 18.3. The van der Waals surface area contributed by atoms with Crippen molar-refractivity contribution in [2.75, 3.05) is 34.4 Å². The number of likely N-dealkylation sites (N-methyl/N-ethyl adjacent to an activating group) is 1. The number of nitrogens with one attached hydrogen (secondary N) is 1. The lowest BCUT2D eigenvalue weighted by molar-refractivity contribution is 0.0904. The molecular weight excluding hydrogens is 328 g/mol. The van der Waals surface area contributed by atoms with Crippen LogP contribution >= 0.6 is 0 Å². The van der Waals surface area contributed by atoms with Gasteiger partial charge in [0, 0.05) is 24.1 Å². The van der Waals surface area contributed by atoms with Crippen molar-refractivity contribution in [3.05, 3.63) is 59.7 Å². The van der Waals surface area contributed by atoms with Gasteiger partial charge in [0.05, 0.1) is 14.2 Å². The first-order chi connectivity index (χ1) is 12.6. The normalized spacial score (nSPS) is 20.4. The van der Waals surface area contributed by atoms with Crippen molar-refractivity contribution in [1.82, 2.24) is 10.2 Å². The lowest BCUT2D eigenvalue weighted by Gasteiger charge is -2.37. The highest BCUT2D eigenvalue weighted by Crippen LogP contribution is 2.34. The molecule has 0 aromatic heterocycles. The highest BCUT2D eigenvalue weighted by molar-refractivity contribution is 5.94. The second-order valence-corrected chi connectivity index (χ2v) is 6.72. The molecule has 2 aromatic rings. The summed E-state index contributed by atoms with van der Waals surface area (Å²) in [5.74, 6) is 1.60. The number of carbonyl (C=O) groups excluding carboxylic acids is 1. The summed E-state index contributed by atoms with van der Waals surface area (Å²) < 4.78 is 10.8. The summed E-state index contributed by atoms with van der Waals surface area (Å²) in [5, 5.41) is 3.23. The fraction of sp³-hybridized carbons (Fsp3) is 0.381. The molecule has 0 unspecified atom stereocenters. The van der Waals surface area contributed by atoms with Gasteiger partial charge in [0.2, 0.25) is 0 Å². The highest BCUT2D eigenvalue weighted by Gasteiger charge is 2.31. The number of piperidine rings is 1. The third-order valence-electron chi connectivity index (χ3n) is 5.00. The van der Waals surface area contributed by atoms with E-state index < -0.39 is 0 Å². The minimum Gasteiger partial charge on any atom is -0.493 e. The van der Waals surface area contributed by atoms with E-state index in [1.807, 2.05) is 42.5 Å². The summed E-state index contributed by atoms with van der Waals surface area (Å²) in [7, 11) is 5.39. The zero-order valence-corrected chi connectivity index (χ0v) is 15.6. The lowest BCUT2D eigenvalue weighted by Crippen LogP contribution is -2.48. The number of nitrogens with zero attached hydrogens (tertiary/aromatic N) is 1. The Morgan fingerprint density at radius 1 is 1.08 bits per heavy atom. The summed E-state index contributed by atoms with van der Waals surface area (Å²) in [5.41, 5.74) is 1.84. The number of rotatable bonds is 5. The molecule has 2 atom stereocenters. The third kappa shape index (κ3) is 3.99. The molecule has 138 valence electrons. The quantitative estimate of drug-likeness (QED) is 0.897. The van der Waals surface area contributed by atoms with E-state index in [0.29, 0.717) is 17.1 Å². The summed E-state index contributed by atoms with van der Waals surface area (Å²) in [4.78, 5) is 14.9. The van der Waals surface area contributed by atoms with Crippen LogP contribution in [-0.2, 0) is 0 Å². The van der Waals surface area contributed by atoms with Crippen LogP contribution in [0.15, 0.2) is 48.5 Å². The van der Waals surface area contributed by atoms with Gasteiger partial charge in [0.1, 0.15) is 0 Å². The fourth-order valence-electron chi connectivity index (χ4n) is 3.55. The van der Waals surface area contributed by atoms with E-state index in [1.54, 1.807) is 14.2 Å². The van der Waals surface area contributed by atoms with Gasteiger partial charge in [-0.1, -0.05) is 24.3 Å². The smallest absolute Gasteiger partial charge is 0.251 e. The summed E-state index contributed by atoms with van der Waals surface area (Å²) in [6, 6.07) is 15.5. The Hall–Kier alpha value is -2.53. The van der Waals surface area contributed by atoms with Gasteiger partial charge in [0.25, 0.3) is 5.91 Å². The number of hydrogen-bond donors (Lipinski definition) is 1. The number of benzene rings is 2. The van der Waals surface area contributed by atoms with E-state index in [-0.39, 0.29) is 17.9 Å². The van der Waals surface area contributed by atoms with E-state index in [1.165, 1.54) is 0 Å². The van der Waals surface area contributed by atoms with Crippen LogP contribution in [0.1, 0.15) is 28.3 Å². The van der Waals surface area contributed by atoms with Gasteiger partial charge in [-0.05, 0) is 49.8 Å². The number of ether oxygens (including phenoxy) is 2. The number of amides is 1. The van der Waals surface area contributed by atoms with Gasteiger partial charge in [0.15, 0.2) is 11.5 Å². The van der Waals surface area contributed by atoms with Crippen molar-refractivity contribution in [3.8, 4) is 11.5 Å². The molecule has 1 amide bonds. The maximum atomic E-state index is 12.6. The van der Waals surface area contributed by atoms with Crippen molar-refractivity contribution >= 4 is 5.91 Å². The largest absolute Gasteiger partial charge is 0.493 e. The van der Waals surface area contributed by atoms with Crippen molar-refractivity contribution in [2.45, 2.75) is 18.4 Å². The Bertz CT molecular complexity index is 748. The molecule has 1 saturated heterocycles. The standard InChI is InChI=1S/C21H26N2O3/c1-23-12-11-18(22-21(24)15-7-5-4-6-8-15)17(14-23)16-9-10-19(25-2)20(13-16)26-3/h4-10,13,17-18H,11-12,14H2,1-3H3,(H,22,24)/t17-,18-/m0/s1. The number of likely N-dealkylation sites (tertiary alicyclic amines) is 1. The average Bonchev–Trinajstić information content (AvgIpc) is 2.69. The van der Waals surface area contributed by atoms with Gasteiger partial charge in [-0.2, -0.15) is 0 Å². The van der Waals surface area contributed by atoms with E-state index in [2.05, 4.69) is 23.3 Å². The Morgan fingerprint density at radius 2 is 1.81 bits per heavy atom. The monoisotopic (exact) mass is 354 g/mol. The van der Waals surface area contributed by atoms with Crippen LogP contribution in [0, 0.1) is 0 Å². The average molecular weight is 354 g/mol. The summed E-state index contributed by atoms with van der Waals surface area (Å²) in [6.45, 7) is 1.85. The Kier molecular flexibility index (Phi) is 5.78. The first-order valence-corrected chi connectivity index (χ1v) is 8.88. The van der Waals surface area contributed by atoms with Gasteiger partial charge < -0.3 is 19.7 Å². The van der Waals surface area contributed by atoms with Crippen molar-refractivity contribution < 1.29 is 14.3 Å². The van der Waals surface area contributed by atoms with E-state index in [4.69, 9.17) is 9.47 Å². The predicted molar refractivity (Wildman–Crippen MR) is 102 cm³/mol. The van der Waals surface area contributed by atoms with E-state index in [9.17, 15) is 4.79 Å². The Morgan fingerprint density at radius 3 is 2.50 bits per heavy atom. The predicted octanol–water partition coefficient (Wildman–Crippen LogP) is 2.92. The first-order valence-electron chi connectivity index (χ1n) is 8.88.